The van der Waals surface area contributed by atoms with Gasteiger partial charge in [-0.05, 0) is 54.4 Å². The van der Waals surface area contributed by atoms with Crippen LogP contribution in [-0.4, -0.2) is 6.54 Å². The minimum Gasteiger partial charge on any atom is -0.378 e. The normalized spacial score (nSPS) is 25.8. The van der Waals surface area contributed by atoms with Gasteiger partial charge in [-0.1, -0.05) is 12.1 Å². The van der Waals surface area contributed by atoms with Crippen molar-refractivity contribution in [3.8, 4) is 0 Å². The molecule has 4 rings (SSSR count). The van der Waals surface area contributed by atoms with Crippen molar-refractivity contribution < 1.29 is 17.6 Å². The maximum atomic E-state index is 13.2. The first-order valence-corrected chi connectivity index (χ1v) is 7.90. The smallest absolute Gasteiger partial charge is 0.378 e. The average Bonchev–Trinajstić information content (AvgIpc) is 3.03. The van der Waals surface area contributed by atoms with E-state index in [4.69, 9.17) is 0 Å². The second-order valence-electron chi connectivity index (χ2n) is 6.36. The predicted molar refractivity (Wildman–Crippen MR) is 83.1 cm³/mol. The number of anilines is 1. The van der Waals surface area contributed by atoms with Gasteiger partial charge in [0.05, 0.1) is 11.6 Å². The van der Waals surface area contributed by atoms with Gasteiger partial charge in [0.15, 0.2) is 0 Å². The number of hydrogen-bond donors (Lipinski definition) is 2. The second kappa shape index (κ2) is 5.48. The number of nitrogens with one attached hydrogen (secondary N) is 2. The van der Waals surface area contributed by atoms with E-state index in [0.717, 1.165) is 24.6 Å². The highest BCUT2D eigenvalue weighted by Gasteiger charge is 2.41. The van der Waals surface area contributed by atoms with Gasteiger partial charge < -0.3 is 10.6 Å². The summed E-state index contributed by atoms with van der Waals surface area (Å²) in [6, 6.07) is 9.95. The monoisotopic (exact) mass is 336 g/mol. The summed E-state index contributed by atoms with van der Waals surface area (Å²) in [4.78, 5) is 0. The summed E-state index contributed by atoms with van der Waals surface area (Å²) in [7, 11) is 0. The van der Waals surface area contributed by atoms with E-state index in [1.165, 1.54) is 24.3 Å². The second-order valence-corrected chi connectivity index (χ2v) is 6.36. The van der Waals surface area contributed by atoms with Crippen LogP contribution in [0, 0.1) is 11.7 Å². The molecule has 1 saturated heterocycles. The Morgan fingerprint density at radius 1 is 0.958 bits per heavy atom. The van der Waals surface area contributed by atoms with Gasteiger partial charge in [-0.25, -0.2) is 4.39 Å². The zero-order chi connectivity index (χ0) is 16.9. The van der Waals surface area contributed by atoms with Crippen LogP contribution in [0.1, 0.15) is 35.2 Å². The van der Waals surface area contributed by atoms with Crippen molar-refractivity contribution in [3.05, 3.63) is 65.0 Å². The quantitative estimate of drug-likeness (QED) is 0.740. The number of rotatable bonds is 1. The Hall–Kier alpha value is -2.08. The molecule has 0 saturated carbocycles. The standard InChI is InChI=1S/C18H16F4N2/c19-12-4-1-10(2-5-12)16-13-7-8-23-17(13)14-9-11(18(20,21)22)3-6-15(14)24-16/h1-6,9,13,16-17,23-24H,7-8H2. The summed E-state index contributed by atoms with van der Waals surface area (Å²) in [5.74, 6) is -0.169. The number of fused-ring (bicyclic) bond motifs is 3. The third kappa shape index (κ3) is 2.55. The fourth-order valence-electron chi connectivity index (χ4n) is 3.83. The van der Waals surface area contributed by atoms with Crippen LogP contribution in [0.25, 0.3) is 0 Å². The van der Waals surface area contributed by atoms with E-state index in [2.05, 4.69) is 10.6 Å². The van der Waals surface area contributed by atoms with Gasteiger partial charge in [0.25, 0.3) is 0 Å². The van der Waals surface area contributed by atoms with Crippen molar-refractivity contribution in [2.75, 3.05) is 11.9 Å². The van der Waals surface area contributed by atoms with E-state index in [1.54, 1.807) is 12.1 Å². The summed E-state index contributed by atoms with van der Waals surface area (Å²) < 4.78 is 52.2. The Balaban J connectivity index is 1.75. The lowest BCUT2D eigenvalue weighted by atomic mass is 9.80. The molecule has 0 aromatic heterocycles. The number of hydrogen-bond acceptors (Lipinski definition) is 2. The minimum atomic E-state index is -4.35. The van der Waals surface area contributed by atoms with Crippen LogP contribution in [0.15, 0.2) is 42.5 Å². The van der Waals surface area contributed by atoms with E-state index in [-0.39, 0.29) is 23.8 Å². The van der Waals surface area contributed by atoms with Crippen molar-refractivity contribution >= 4 is 5.69 Å². The highest BCUT2D eigenvalue weighted by atomic mass is 19.4. The van der Waals surface area contributed by atoms with E-state index < -0.39 is 11.7 Å². The molecular weight excluding hydrogens is 320 g/mol. The Morgan fingerprint density at radius 3 is 2.42 bits per heavy atom. The van der Waals surface area contributed by atoms with Crippen LogP contribution in [0.3, 0.4) is 0 Å². The summed E-state index contributed by atoms with van der Waals surface area (Å²) >= 11 is 0. The zero-order valence-corrected chi connectivity index (χ0v) is 12.7. The van der Waals surface area contributed by atoms with Crippen molar-refractivity contribution in [1.29, 1.82) is 0 Å². The van der Waals surface area contributed by atoms with Crippen LogP contribution in [-0.2, 0) is 6.18 Å². The molecule has 2 nitrogen and oxygen atoms in total. The maximum Gasteiger partial charge on any atom is 0.416 e. The van der Waals surface area contributed by atoms with E-state index >= 15 is 0 Å². The highest BCUT2D eigenvalue weighted by molar-refractivity contribution is 5.59. The lowest BCUT2D eigenvalue weighted by Gasteiger charge is -2.37. The Bertz CT molecular complexity index is 755. The van der Waals surface area contributed by atoms with Gasteiger partial charge in [0.1, 0.15) is 5.82 Å². The molecule has 2 heterocycles. The largest absolute Gasteiger partial charge is 0.416 e. The molecule has 2 aliphatic heterocycles. The molecule has 2 aromatic carbocycles. The van der Waals surface area contributed by atoms with Crippen molar-refractivity contribution in [1.82, 2.24) is 5.32 Å². The molecule has 126 valence electrons. The molecule has 2 aromatic rings. The Morgan fingerprint density at radius 2 is 1.71 bits per heavy atom. The third-order valence-corrected chi connectivity index (χ3v) is 4.95. The fourth-order valence-corrected chi connectivity index (χ4v) is 3.83. The van der Waals surface area contributed by atoms with Crippen LogP contribution in [0.5, 0.6) is 0 Å². The van der Waals surface area contributed by atoms with E-state index in [1.807, 2.05) is 0 Å². The summed E-state index contributed by atoms with van der Waals surface area (Å²) in [5, 5.41) is 6.68. The molecule has 2 N–H and O–H groups in total. The van der Waals surface area contributed by atoms with Crippen LogP contribution >= 0.6 is 0 Å². The number of benzene rings is 2. The van der Waals surface area contributed by atoms with Gasteiger partial charge in [0, 0.05) is 17.6 Å². The van der Waals surface area contributed by atoms with Gasteiger partial charge >= 0.3 is 6.18 Å². The lowest BCUT2D eigenvalue weighted by molar-refractivity contribution is -0.137. The number of alkyl halides is 3. The first-order valence-electron chi connectivity index (χ1n) is 7.90. The molecular formula is C18H16F4N2. The van der Waals surface area contributed by atoms with Gasteiger partial charge in [0.2, 0.25) is 0 Å². The van der Waals surface area contributed by atoms with Crippen molar-refractivity contribution in [2.24, 2.45) is 5.92 Å². The van der Waals surface area contributed by atoms with Crippen molar-refractivity contribution in [3.63, 3.8) is 0 Å². The molecule has 24 heavy (non-hydrogen) atoms. The van der Waals surface area contributed by atoms with E-state index in [0.29, 0.717) is 11.3 Å². The molecule has 2 aliphatic rings. The Labute approximate surface area is 136 Å². The number of halogens is 4. The van der Waals surface area contributed by atoms with Crippen LogP contribution < -0.4 is 10.6 Å². The summed E-state index contributed by atoms with van der Waals surface area (Å²) in [5.41, 5.74) is 1.68. The third-order valence-electron chi connectivity index (χ3n) is 4.95. The topological polar surface area (TPSA) is 24.1 Å². The van der Waals surface area contributed by atoms with Crippen molar-refractivity contribution in [2.45, 2.75) is 24.7 Å². The minimum absolute atomic E-state index is 0.0464. The maximum absolute atomic E-state index is 13.2. The SMILES string of the molecule is Fc1ccc(C2Nc3ccc(C(F)(F)F)cc3C3NCCC23)cc1. The van der Waals surface area contributed by atoms with Crippen LogP contribution in [0.4, 0.5) is 23.2 Å². The fraction of sp³-hybridized carbons (Fsp3) is 0.333. The van der Waals surface area contributed by atoms with Gasteiger partial charge in [-0.3, -0.25) is 0 Å². The molecule has 1 fully saturated rings. The predicted octanol–water partition coefficient (Wildman–Crippen LogP) is 4.66. The molecule has 0 bridgehead atoms. The first-order chi connectivity index (χ1) is 11.4. The summed E-state index contributed by atoms with van der Waals surface area (Å²) in [6.07, 6.45) is -3.49. The molecule has 0 spiro atoms. The summed E-state index contributed by atoms with van der Waals surface area (Å²) in [6.45, 7) is 0.754. The van der Waals surface area contributed by atoms with Crippen LogP contribution in [0.2, 0.25) is 0 Å². The Kier molecular flexibility index (Phi) is 3.53. The molecule has 6 heteroatoms. The zero-order valence-electron chi connectivity index (χ0n) is 12.7. The van der Waals surface area contributed by atoms with Gasteiger partial charge in [-0.2, -0.15) is 13.2 Å². The average molecular weight is 336 g/mol. The highest BCUT2D eigenvalue weighted by Crippen LogP contribution is 2.48. The lowest BCUT2D eigenvalue weighted by Crippen LogP contribution is -2.32. The van der Waals surface area contributed by atoms with Gasteiger partial charge in [-0.15, -0.1) is 0 Å². The molecule has 0 aliphatic carbocycles. The molecule has 0 amide bonds. The molecule has 3 atom stereocenters. The molecule has 3 unspecified atom stereocenters. The first kappa shape index (κ1) is 15.4. The van der Waals surface area contributed by atoms with E-state index in [9.17, 15) is 17.6 Å². The molecule has 0 radical (unpaired) electrons.